The predicted molar refractivity (Wildman–Crippen MR) is 65.8 cm³/mol. The van der Waals surface area contributed by atoms with Gasteiger partial charge >= 0.3 is 0 Å². The van der Waals surface area contributed by atoms with E-state index < -0.39 is 6.04 Å². The van der Waals surface area contributed by atoms with Gasteiger partial charge in [0.25, 0.3) is 0 Å². The van der Waals surface area contributed by atoms with Crippen molar-refractivity contribution in [2.45, 2.75) is 39.8 Å². The van der Waals surface area contributed by atoms with E-state index in [2.05, 4.69) is 15.5 Å². The maximum atomic E-state index is 12.3. The largest absolute Gasteiger partial charge is 0.342 e. The molecule has 2 atom stereocenters. The zero-order valence-electron chi connectivity index (χ0n) is 11.3. The molecule has 2 rings (SSSR count). The summed E-state index contributed by atoms with van der Waals surface area (Å²) in [4.78, 5) is 29.5. The maximum absolute atomic E-state index is 12.3. The van der Waals surface area contributed by atoms with Gasteiger partial charge in [0.15, 0.2) is 5.82 Å². The second kappa shape index (κ2) is 5.38. The highest BCUT2D eigenvalue weighted by molar-refractivity contribution is 5.94. The lowest BCUT2D eigenvalue weighted by Gasteiger charge is -2.34. The molecule has 2 heterocycles. The minimum Gasteiger partial charge on any atom is -0.342 e. The quantitative estimate of drug-likeness (QED) is 0.844. The normalized spacial score (nSPS) is 21.4. The summed E-state index contributed by atoms with van der Waals surface area (Å²) in [6.45, 7) is 5.87. The lowest BCUT2D eigenvalue weighted by molar-refractivity contribution is -0.146. The van der Waals surface area contributed by atoms with Crippen LogP contribution in [0, 0.1) is 12.8 Å². The van der Waals surface area contributed by atoms with Crippen molar-refractivity contribution in [3.8, 4) is 0 Å². The number of amides is 2. The highest BCUT2D eigenvalue weighted by atomic mass is 16.5. The molecule has 1 aliphatic heterocycles. The maximum Gasteiger partial charge on any atom is 0.246 e. The van der Waals surface area contributed by atoms with Gasteiger partial charge in [-0.1, -0.05) is 25.4 Å². The minimum absolute atomic E-state index is 0.0410. The third kappa shape index (κ3) is 2.91. The first-order chi connectivity index (χ1) is 9.01. The number of nitrogens with zero attached hydrogens (tertiary/aromatic N) is 3. The molecule has 1 saturated heterocycles. The molecule has 2 unspecified atom stereocenters. The number of nitrogens with one attached hydrogen (secondary N) is 1. The monoisotopic (exact) mass is 266 g/mol. The van der Waals surface area contributed by atoms with Crippen molar-refractivity contribution in [3.05, 3.63) is 11.7 Å². The van der Waals surface area contributed by atoms with Crippen LogP contribution in [0.25, 0.3) is 0 Å². The smallest absolute Gasteiger partial charge is 0.246 e. The van der Waals surface area contributed by atoms with Crippen LogP contribution in [0.2, 0.25) is 0 Å². The summed E-state index contributed by atoms with van der Waals surface area (Å²) in [5, 5.41) is 6.49. The molecule has 1 N–H and O–H groups in total. The molecule has 0 aliphatic carbocycles. The fraction of sp³-hybridized carbons (Fsp3) is 0.667. The Morgan fingerprint density at radius 3 is 2.84 bits per heavy atom. The fourth-order valence-corrected chi connectivity index (χ4v) is 2.06. The van der Waals surface area contributed by atoms with Crippen molar-refractivity contribution < 1.29 is 14.1 Å². The van der Waals surface area contributed by atoms with Gasteiger partial charge in [0.2, 0.25) is 17.7 Å². The second-order valence-corrected chi connectivity index (χ2v) is 4.85. The first kappa shape index (κ1) is 13.5. The zero-order valence-corrected chi connectivity index (χ0v) is 11.3. The standard InChI is InChI=1S/C12H18N4O3/c1-4-7(2)11-12(18)16(6-10(17)14-11)5-9-13-8(3)19-15-9/h7,11H,4-6H2,1-3H3,(H,14,17). The zero-order chi connectivity index (χ0) is 14.0. The summed E-state index contributed by atoms with van der Waals surface area (Å²) < 4.78 is 4.86. The Labute approximate surface area is 111 Å². The molecular weight excluding hydrogens is 248 g/mol. The molecule has 1 aromatic heterocycles. The highest BCUT2D eigenvalue weighted by Gasteiger charge is 2.35. The first-order valence-corrected chi connectivity index (χ1v) is 6.38. The molecule has 19 heavy (non-hydrogen) atoms. The number of aromatic nitrogens is 2. The van der Waals surface area contributed by atoms with Gasteiger partial charge in [-0.15, -0.1) is 0 Å². The van der Waals surface area contributed by atoms with E-state index in [1.54, 1.807) is 6.92 Å². The van der Waals surface area contributed by atoms with Crippen molar-refractivity contribution in [1.82, 2.24) is 20.4 Å². The molecule has 104 valence electrons. The van der Waals surface area contributed by atoms with Crippen molar-refractivity contribution in [2.24, 2.45) is 5.92 Å². The number of rotatable bonds is 4. The van der Waals surface area contributed by atoms with Crippen molar-refractivity contribution in [3.63, 3.8) is 0 Å². The Morgan fingerprint density at radius 1 is 1.53 bits per heavy atom. The van der Waals surface area contributed by atoms with Crippen LogP contribution in [0.5, 0.6) is 0 Å². The van der Waals surface area contributed by atoms with Crippen LogP contribution >= 0.6 is 0 Å². The van der Waals surface area contributed by atoms with Gasteiger partial charge in [-0.3, -0.25) is 9.59 Å². The lowest BCUT2D eigenvalue weighted by atomic mass is 9.96. The number of aryl methyl sites for hydroxylation is 1. The molecule has 0 saturated carbocycles. The van der Waals surface area contributed by atoms with Crippen molar-refractivity contribution in [1.29, 1.82) is 0 Å². The Morgan fingerprint density at radius 2 is 2.26 bits per heavy atom. The van der Waals surface area contributed by atoms with E-state index in [1.165, 1.54) is 4.90 Å². The fourth-order valence-electron chi connectivity index (χ4n) is 2.06. The highest BCUT2D eigenvalue weighted by Crippen LogP contribution is 2.15. The molecule has 7 nitrogen and oxygen atoms in total. The third-order valence-corrected chi connectivity index (χ3v) is 3.34. The van der Waals surface area contributed by atoms with Crippen LogP contribution < -0.4 is 5.32 Å². The molecule has 1 aliphatic rings. The van der Waals surface area contributed by atoms with Crippen LogP contribution in [0.1, 0.15) is 32.0 Å². The second-order valence-electron chi connectivity index (χ2n) is 4.85. The van der Waals surface area contributed by atoms with Crippen molar-refractivity contribution >= 4 is 11.8 Å². The summed E-state index contributed by atoms with van der Waals surface area (Å²) in [6.07, 6.45) is 0.825. The SMILES string of the molecule is CCC(C)C1NC(=O)CN(Cc2noc(C)n2)C1=O. The van der Waals surface area contributed by atoms with E-state index in [4.69, 9.17) is 4.52 Å². The summed E-state index contributed by atoms with van der Waals surface area (Å²) in [5.41, 5.74) is 0. The summed E-state index contributed by atoms with van der Waals surface area (Å²) in [7, 11) is 0. The predicted octanol–water partition coefficient (Wildman–Crippen LogP) is 0.251. The third-order valence-electron chi connectivity index (χ3n) is 3.34. The van der Waals surface area contributed by atoms with Crippen molar-refractivity contribution in [2.75, 3.05) is 6.54 Å². The molecule has 0 aromatic carbocycles. The Hall–Kier alpha value is -1.92. The molecule has 1 aromatic rings. The van der Waals surface area contributed by atoms with Crippen LogP contribution in [0.4, 0.5) is 0 Å². The summed E-state index contributed by atoms with van der Waals surface area (Å²) in [5.74, 6) is 0.735. The van der Waals surface area contributed by atoms with E-state index in [-0.39, 0.29) is 30.8 Å². The van der Waals surface area contributed by atoms with Crippen LogP contribution in [0.3, 0.4) is 0 Å². The molecular formula is C12H18N4O3. The molecule has 0 bridgehead atoms. The van der Waals surface area contributed by atoms with E-state index >= 15 is 0 Å². The van der Waals surface area contributed by atoms with E-state index in [0.717, 1.165) is 6.42 Å². The van der Waals surface area contributed by atoms with Gasteiger partial charge in [-0.05, 0) is 5.92 Å². The first-order valence-electron chi connectivity index (χ1n) is 6.38. The van der Waals surface area contributed by atoms with Gasteiger partial charge in [-0.2, -0.15) is 4.98 Å². The van der Waals surface area contributed by atoms with E-state index in [0.29, 0.717) is 11.7 Å². The minimum atomic E-state index is -0.459. The van der Waals surface area contributed by atoms with Gasteiger partial charge in [0.05, 0.1) is 6.54 Å². The molecule has 2 amide bonds. The van der Waals surface area contributed by atoms with Gasteiger partial charge in [0, 0.05) is 6.92 Å². The van der Waals surface area contributed by atoms with Gasteiger partial charge < -0.3 is 14.7 Å². The van der Waals surface area contributed by atoms with Gasteiger partial charge in [0.1, 0.15) is 12.6 Å². The lowest BCUT2D eigenvalue weighted by Crippen LogP contribution is -2.59. The number of piperazine rings is 1. The Bertz CT molecular complexity index is 485. The molecule has 0 radical (unpaired) electrons. The number of carbonyl (C=O) groups is 2. The number of hydrogen-bond acceptors (Lipinski definition) is 5. The summed E-state index contributed by atoms with van der Waals surface area (Å²) in [6, 6.07) is -0.459. The van der Waals surface area contributed by atoms with E-state index in [9.17, 15) is 9.59 Å². The molecule has 7 heteroatoms. The average molecular weight is 266 g/mol. The van der Waals surface area contributed by atoms with Crippen LogP contribution in [0.15, 0.2) is 4.52 Å². The van der Waals surface area contributed by atoms with E-state index in [1.807, 2.05) is 13.8 Å². The average Bonchev–Trinajstić information content (AvgIpc) is 2.78. The summed E-state index contributed by atoms with van der Waals surface area (Å²) >= 11 is 0. The Kier molecular flexibility index (Phi) is 3.82. The topological polar surface area (TPSA) is 88.3 Å². The molecule has 1 fully saturated rings. The van der Waals surface area contributed by atoms with Gasteiger partial charge in [-0.25, -0.2) is 0 Å². The number of carbonyl (C=O) groups excluding carboxylic acids is 2. The van der Waals surface area contributed by atoms with Crippen LogP contribution in [-0.4, -0.2) is 39.4 Å². The van der Waals surface area contributed by atoms with Crippen LogP contribution in [-0.2, 0) is 16.1 Å². The Balaban J connectivity index is 2.11. The molecule has 0 spiro atoms. The number of hydrogen-bond donors (Lipinski definition) is 1.